The number of amides is 1. The van der Waals surface area contributed by atoms with E-state index in [4.69, 9.17) is 5.73 Å². The van der Waals surface area contributed by atoms with Gasteiger partial charge in [-0.1, -0.05) is 46.0 Å². The maximum absolute atomic E-state index is 11.8. The highest BCUT2D eigenvalue weighted by atomic mass is 35.5. The molecule has 1 fully saturated rings. The third-order valence-corrected chi connectivity index (χ3v) is 3.47. The molecule has 0 bridgehead atoms. The van der Waals surface area contributed by atoms with Crippen molar-refractivity contribution in [2.45, 2.75) is 70.9 Å². The molecule has 1 rings (SSSR count). The SMILES string of the molecule is CC(C)[C@@H](N)C(=O)NC1CCCCCCC1.Cl. The summed E-state index contributed by atoms with van der Waals surface area (Å²) >= 11 is 0. The smallest absolute Gasteiger partial charge is 0.237 e. The highest BCUT2D eigenvalue weighted by molar-refractivity contribution is 5.85. The average molecular weight is 263 g/mol. The van der Waals surface area contributed by atoms with Crippen molar-refractivity contribution < 1.29 is 4.79 Å². The van der Waals surface area contributed by atoms with E-state index in [9.17, 15) is 4.79 Å². The predicted molar refractivity (Wildman–Crippen MR) is 74.3 cm³/mol. The van der Waals surface area contributed by atoms with Crippen molar-refractivity contribution >= 4 is 18.3 Å². The summed E-state index contributed by atoms with van der Waals surface area (Å²) < 4.78 is 0. The second-order valence-corrected chi connectivity index (χ2v) is 5.32. The number of hydrogen-bond donors (Lipinski definition) is 2. The Hall–Kier alpha value is -0.280. The van der Waals surface area contributed by atoms with E-state index in [-0.39, 0.29) is 30.3 Å². The lowest BCUT2D eigenvalue weighted by Gasteiger charge is -2.24. The highest BCUT2D eigenvalue weighted by Gasteiger charge is 2.20. The van der Waals surface area contributed by atoms with Gasteiger partial charge < -0.3 is 11.1 Å². The molecule has 3 N–H and O–H groups in total. The molecular weight excluding hydrogens is 236 g/mol. The molecule has 1 aliphatic carbocycles. The number of rotatable bonds is 3. The van der Waals surface area contributed by atoms with Crippen LogP contribution in [-0.2, 0) is 4.79 Å². The van der Waals surface area contributed by atoms with E-state index in [0.29, 0.717) is 6.04 Å². The summed E-state index contributed by atoms with van der Waals surface area (Å²) in [4.78, 5) is 11.8. The van der Waals surface area contributed by atoms with Crippen molar-refractivity contribution in [2.24, 2.45) is 11.7 Å². The van der Waals surface area contributed by atoms with E-state index in [1.54, 1.807) is 0 Å². The summed E-state index contributed by atoms with van der Waals surface area (Å²) in [6.45, 7) is 3.98. The molecule has 1 amide bonds. The third-order valence-electron chi connectivity index (χ3n) is 3.47. The number of nitrogens with one attached hydrogen (secondary N) is 1. The van der Waals surface area contributed by atoms with Crippen LogP contribution in [-0.4, -0.2) is 18.0 Å². The van der Waals surface area contributed by atoms with Crippen molar-refractivity contribution in [1.82, 2.24) is 5.32 Å². The zero-order chi connectivity index (χ0) is 12.0. The summed E-state index contributed by atoms with van der Waals surface area (Å²) in [5.41, 5.74) is 5.84. The molecule has 102 valence electrons. The van der Waals surface area contributed by atoms with E-state index in [2.05, 4.69) is 5.32 Å². The Morgan fingerprint density at radius 1 is 1.12 bits per heavy atom. The lowest BCUT2D eigenvalue weighted by molar-refractivity contribution is -0.124. The van der Waals surface area contributed by atoms with Gasteiger partial charge in [-0.3, -0.25) is 4.79 Å². The fourth-order valence-corrected chi connectivity index (χ4v) is 2.20. The second-order valence-electron chi connectivity index (χ2n) is 5.32. The fraction of sp³-hybridized carbons (Fsp3) is 0.923. The number of halogens is 1. The molecule has 0 unspecified atom stereocenters. The first-order valence-electron chi connectivity index (χ1n) is 6.67. The van der Waals surface area contributed by atoms with Crippen LogP contribution in [0.5, 0.6) is 0 Å². The molecule has 1 aliphatic rings. The molecule has 4 heteroatoms. The Balaban J connectivity index is 0.00000256. The summed E-state index contributed by atoms with van der Waals surface area (Å²) in [7, 11) is 0. The summed E-state index contributed by atoms with van der Waals surface area (Å²) in [5, 5.41) is 3.10. The van der Waals surface area contributed by atoms with E-state index in [1.807, 2.05) is 13.8 Å². The standard InChI is InChI=1S/C13H26N2O.ClH/c1-10(2)12(14)13(16)15-11-8-6-4-3-5-7-9-11;/h10-12H,3-9,14H2,1-2H3,(H,15,16);1H/t12-;/m1./s1. The lowest BCUT2D eigenvalue weighted by Crippen LogP contribution is -2.47. The van der Waals surface area contributed by atoms with Gasteiger partial charge in [0.1, 0.15) is 0 Å². The molecular formula is C13H27ClN2O. The zero-order valence-corrected chi connectivity index (χ0v) is 11.9. The van der Waals surface area contributed by atoms with Crippen molar-refractivity contribution in [2.75, 3.05) is 0 Å². The zero-order valence-electron chi connectivity index (χ0n) is 11.1. The monoisotopic (exact) mass is 262 g/mol. The molecule has 3 nitrogen and oxygen atoms in total. The van der Waals surface area contributed by atoms with Crippen molar-refractivity contribution in [1.29, 1.82) is 0 Å². The Kier molecular flexibility index (Phi) is 8.61. The number of carbonyl (C=O) groups excluding carboxylic acids is 1. The molecule has 0 aromatic carbocycles. The maximum atomic E-state index is 11.8. The third kappa shape index (κ3) is 6.27. The van der Waals surface area contributed by atoms with Crippen LogP contribution in [0, 0.1) is 5.92 Å². The Labute approximate surface area is 111 Å². The van der Waals surface area contributed by atoms with Crippen LogP contribution < -0.4 is 11.1 Å². The Morgan fingerprint density at radius 2 is 1.59 bits per heavy atom. The van der Waals surface area contributed by atoms with Crippen LogP contribution in [0.15, 0.2) is 0 Å². The van der Waals surface area contributed by atoms with Crippen LogP contribution in [0.25, 0.3) is 0 Å². The quantitative estimate of drug-likeness (QED) is 0.822. The molecule has 0 heterocycles. The molecule has 0 aromatic heterocycles. The van der Waals surface area contributed by atoms with Crippen LogP contribution in [0.4, 0.5) is 0 Å². The molecule has 0 aromatic rings. The van der Waals surface area contributed by atoms with Crippen LogP contribution >= 0.6 is 12.4 Å². The normalized spacial score (nSPS) is 20.0. The minimum absolute atomic E-state index is 0. The summed E-state index contributed by atoms with van der Waals surface area (Å²) in [6.07, 6.45) is 8.69. The van der Waals surface area contributed by atoms with Gasteiger partial charge in [-0.25, -0.2) is 0 Å². The minimum Gasteiger partial charge on any atom is -0.352 e. The largest absolute Gasteiger partial charge is 0.352 e. The molecule has 0 aliphatic heterocycles. The van der Waals surface area contributed by atoms with Gasteiger partial charge in [-0.15, -0.1) is 12.4 Å². The summed E-state index contributed by atoms with van der Waals surface area (Å²) in [6, 6.07) is 0.00282. The van der Waals surface area contributed by atoms with Gasteiger partial charge in [0.15, 0.2) is 0 Å². The van der Waals surface area contributed by atoms with Gasteiger partial charge >= 0.3 is 0 Å². The second kappa shape index (κ2) is 8.76. The average Bonchev–Trinajstić information content (AvgIpc) is 2.20. The molecule has 1 atom stereocenters. The van der Waals surface area contributed by atoms with Crippen LogP contribution in [0.3, 0.4) is 0 Å². The van der Waals surface area contributed by atoms with Gasteiger partial charge in [0, 0.05) is 6.04 Å². The first-order valence-corrected chi connectivity index (χ1v) is 6.67. The Bertz CT molecular complexity index is 213. The highest BCUT2D eigenvalue weighted by Crippen LogP contribution is 2.17. The maximum Gasteiger partial charge on any atom is 0.237 e. The first-order chi connectivity index (χ1) is 7.61. The van der Waals surface area contributed by atoms with Crippen LogP contribution in [0.1, 0.15) is 58.8 Å². The topological polar surface area (TPSA) is 55.1 Å². The predicted octanol–water partition coefficient (Wildman–Crippen LogP) is 2.62. The Morgan fingerprint density at radius 3 is 2.06 bits per heavy atom. The van der Waals surface area contributed by atoms with E-state index < -0.39 is 0 Å². The first kappa shape index (κ1) is 16.7. The molecule has 0 spiro atoms. The van der Waals surface area contributed by atoms with E-state index >= 15 is 0 Å². The minimum atomic E-state index is -0.356. The molecule has 17 heavy (non-hydrogen) atoms. The molecule has 1 saturated carbocycles. The van der Waals surface area contributed by atoms with E-state index in [1.165, 1.54) is 32.1 Å². The number of hydrogen-bond acceptors (Lipinski definition) is 2. The van der Waals surface area contributed by atoms with Crippen LogP contribution in [0.2, 0.25) is 0 Å². The van der Waals surface area contributed by atoms with Gasteiger partial charge in [-0.2, -0.15) is 0 Å². The van der Waals surface area contributed by atoms with Gasteiger partial charge in [-0.05, 0) is 18.8 Å². The number of nitrogens with two attached hydrogens (primary N) is 1. The van der Waals surface area contributed by atoms with E-state index in [0.717, 1.165) is 12.8 Å². The van der Waals surface area contributed by atoms with Crippen molar-refractivity contribution in [3.8, 4) is 0 Å². The molecule has 0 radical (unpaired) electrons. The van der Waals surface area contributed by atoms with Crippen molar-refractivity contribution in [3.05, 3.63) is 0 Å². The van der Waals surface area contributed by atoms with Gasteiger partial charge in [0.25, 0.3) is 0 Å². The molecule has 0 saturated heterocycles. The van der Waals surface area contributed by atoms with Gasteiger partial charge in [0.05, 0.1) is 6.04 Å². The van der Waals surface area contributed by atoms with Crippen molar-refractivity contribution in [3.63, 3.8) is 0 Å². The number of carbonyl (C=O) groups is 1. The van der Waals surface area contributed by atoms with Gasteiger partial charge in [0.2, 0.25) is 5.91 Å². The lowest BCUT2D eigenvalue weighted by atomic mass is 9.96. The fourth-order valence-electron chi connectivity index (χ4n) is 2.20. The summed E-state index contributed by atoms with van der Waals surface area (Å²) in [5.74, 6) is 0.245.